The molecule has 0 N–H and O–H groups in total. The summed E-state index contributed by atoms with van der Waals surface area (Å²) in [6.07, 6.45) is 1.33. The van der Waals surface area contributed by atoms with Crippen LogP contribution in [0.1, 0.15) is 33.6 Å². The maximum atomic E-state index is 12.9. The summed E-state index contributed by atoms with van der Waals surface area (Å²) >= 11 is 1.48. The zero-order valence-electron chi connectivity index (χ0n) is 15.7. The Morgan fingerprint density at radius 1 is 1.12 bits per heavy atom. The highest BCUT2D eigenvalue weighted by Gasteiger charge is 2.38. The minimum atomic E-state index is -0.655. The molecule has 0 bridgehead atoms. The summed E-state index contributed by atoms with van der Waals surface area (Å²) < 4.78 is 0. The van der Waals surface area contributed by atoms with Crippen LogP contribution in [0, 0.1) is 5.92 Å². The van der Waals surface area contributed by atoms with Crippen LogP contribution in [0.15, 0.2) is 35.3 Å². The summed E-state index contributed by atoms with van der Waals surface area (Å²) in [6.45, 7) is 9.12. The van der Waals surface area contributed by atoms with Gasteiger partial charge in [0.05, 0.1) is 5.69 Å². The fourth-order valence-electron chi connectivity index (χ4n) is 2.83. The SMILES string of the molecule is CCCC1C(=O)N=C(SCCN(CC)CC)N(c2ccccc2)C1=O.Cl. The first-order valence-corrected chi connectivity index (χ1v) is 9.97. The van der Waals surface area contributed by atoms with Gasteiger partial charge in [-0.2, -0.15) is 4.99 Å². The molecule has 1 aromatic carbocycles. The lowest BCUT2D eigenvalue weighted by Crippen LogP contribution is -2.47. The summed E-state index contributed by atoms with van der Waals surface area (Å²) in [4.78, 5) is 33.5. The Morgan fingerprint density at radius 3 is 2.35 bits per heavy atom. The molecule has 0 saturated heterocycles. The molecule has 0 fully saturated rings. The molecule has 1 atom stereocenters. The van der Waals surface area contributed by atoms with Gasteiger partial charge < -0.3 is 4.90 Å². The van der Waals surface area contributed by atoms with Gasteiger partial charge >= 0.3 is 0 Å². The Hall–Kier alpha value is -1.37. The number of amidine groups is 1. The highest BCUT2D eigenvalue weighted by atomic mass is 35.5. The molecule has 2 amide bonds. The zero-order valence-corrected chi connectivity index (χ0v) is 17.3. The third-order valence-electron chi connectivity index (χ3n) is 4.34. The Balaban J connectivity index is 0.00000338. The van der Waals surface area contributed by atoms with Gasteiger partial charge in [-0.05, 0) is 31.6 Å². The van der Waals surface area contributed by atoms with E-state index < -0.39 is 5.92 Å². The second kappa shape index (κ2) is 11.4. The number of carbonyl (C=O) groups excluding carboxylic acids is 2. The largest absolute Gasteiger partial charge is 0.303 e. The number of para-hydroxylation sites is 1. The maximum absolute atomic E-state index is 12.9. The molecular formula is C19H28ClN3O2S. The molecule has 2 rings (SSSR count). The quantitative estimate of drug-likeness (QED) is 0.625. The van der Waals surface area contributed by atoms with Crippen molar-refractivity contribution in [1.82, 2.24) is 4.90 Å². The molecule has 1 aliphatic heterocycles. The van der Waals surface area contributed by atoms with Crippen molar-refractivity contribution in [2.24, 2.45) is 10.9 Å². The van der Waals surface area contributed by atoms with Gasteiger partial charge in [-0.15, -0.1) is 12.4 Å². The number of thioether (sulfide) groups is 1. The van der Waals surface area contributed by atoms with Gasteiger partial charge in [0.1, 0.15) is 5.92 Å². The van der Waals surface area contributed by atoms with Crippen LogP contribution in [0.2, 0.25) is 0 Å². The first-order valence-electron chi connectivity index (χ1n) is 8.99. The van der Waals surface area contributed by atoms with E-state index in [1.807, 2.05) is 37.3 Å². The van der Waals surface area contributed by atoms with E-state index in [1.165, 1.54) is 11.8 Å². The van der Waals surface area contributed by atoms with E-state index in [0.29, 0.717) is 11.6 Å². The highest BCUT2D eigenvalue weighted by Crippen LogP contribution is 2.28. The summed E-state index contributed by atoms with van der Waals surface area (Å²) in [5, 5.41) is 0.501. The van der Waals surface area contributed by atoms with E-state index in [2.05, 4.69) is 23.7 Å². The van der Waals surface area contributed by atoms with Crippen molar-refractivity contribution in [2.75, 3.05) is 30.3 Å². The number of hydrogen-bond donors (Lipinski definition) is 0. The molecule has 7 heteroatoms. The van der Waals surface area contributed by atoms with Crippen molar-refractivity contribution >= 4 is 46.8 Å². The van der Waals surface area contributed by atoms with Crippen molar-refractivity contribution in [2.45, 2.75) is 33.6 Å². The van der Waals surface area contributed by atoms with Crippen LogP contribution in [0.3, 0.4) is 0 Å². The highest BCUT2D eigenvalue weighted by molar-refractivity contribution is 8.14. The number of nitrogens with zero attached hydrogens (tertiary/aromatic N) is 3. The molecule has 1 heterocycles. The molecule has 144 valence electrons. The minimum Gasteiger partial charge on any atom is -0.303 e. The summed E-state index contributed by atoms with van der Waals surface area (Å²) in [6, 6.07) is 9.48. The van der Waals surface area contributed by atoms with Crippen LogP contribution in [0.25, 0.3) is 0 Å². The van der Waals surface area contributed by atoms with Crippen LogP contribution in [-0.2, 0) is 9.59 Å². The summed E-state index contributed by atoms with van der Waals surface area (Å²) in [5.41, 5.74) is 0.773. The number of benzene rings is 1. The first kappa shape index (κ1) is 22.7. The Bertz CT molecular complexity index is 620. The molecule has 1 unspecified atom stereocenters. The number of aliphatic imine (C=N–C) groups is 1. The molecule has 0 spiro atoms. The standard InChI is InChI=1S/C19H27N3O2S.ClH/c1-4-10-16-17(23)20-19(25-14-13-21(5-2)6-3)22(18(16)24)15-11-8-7-9-12-15;/h7-9,11-12,16H,4-6,10,13-14H2,1-3H3;1H. The Morgan fingerprint density at radius 2 is 1.77 bits per heavy atom. The molecule has 26 heavy (non-hydrogen) atoms. The van der Waals surface area contributed by atoms with Crippen LogP contribution < -0.4 is 4.90 Å². The number of anilines is 1. The van der Waals surface area contributed by atoms with Crippen LogP contribution >= 0.6 is 24.2 Å². The molecule has 1 aromatic rings. The number of amides is 2. The molecule has 0 radical (unpaired) electrons. The molecular weight excluding hydrogens is 370 g/mol. The second-order valence-corrected chi connectivity index (χ2v) is 7.02. The minimum absolute atomic E-state index is 0. The van der Waals surface area contributed by atoms with Gasteiger partial charge in [-0.25, -0.2) is 0 Å². The van der Waals surface area contributed by atoms with Crippen molar-refractivity contribution in [3.05, 3.63) is 30.3 Å². The van der Waals surface area contributed by atoms with Gasteiger partial charge in [-0.3, -0.25) is 14.5 Å². The lowest BCUT2D eigenvalue weighted by molar-refractivity contribution is -0.132. The van der Waals surface area contributed by atoms with Crippen molar-refractivity contribution in [1.29, 1.82) is 0 Å². The van der Waals surface area contributed by atoms with Crippen LogP contribution in [0.4, 0.5) is 5.69 Å². The number of hydrogen-bond acceptors (Lipinski definition) is 4. The Kier molecular flexibility index (Phi) is 9.91. The maximum Gasteiger partial charge on any atom is 0.260 e. The van der Waals surface area contributed by atoms with Gasteiger partial charge in [0.15, 0.2) is 5.17 Å². The van der Waals surface area contributed by atoms with Gasteiger partial charge in [0, 0.05) is 12.3 Å². The van der Waals surface area contributed by atoms with E-state index in [9.17, 15) is 9.59 Å². The fraction of sp³-hybridized carbons (Fsp3) is 0.526. The zero-order chi connectivity index (χ0) is 18.2. The van der Waals surface area contributed by atoms with E-state index >= 15 is 0 Å². The van der Waals surface area contributed by atoms with E-state index in [0.717, 1.165) is 37.5 Å². The van der Waals surface area contributed by atoms with Gasteiger partial charge in [0.2, 0.25) is 5.91 Å². The topological polar surface area (TPSA) is 53.0 Å². The first-order chi connectivity index (χ1) is 12.1. The molecule has 0 aromatic heterocycles. The lowest BCUT2D eigenvalue weighted by atomic mass is 10.00. The second-order valence-electron chi connectivity index (χ2n) is 5.96. The predicted molar refractivity (Wildman–Crippen MR) is 112 cm³/mol. The molecule has 0 aliphatic carbocycles. The van der Waals surface area contributed by atoms with Crippen molar-refractivity contribution in [3.8, 4) is 0 Å². The number of rotatable bonds is 8. The summed E-state index contributed by atoms with van der Waals surface area (Å²) in [5.74, 6) is -0.317. The van der Waals surface area contributed by atoms with Crippen LogP contribution in [0.5, 0.6) is 0 Å². The van der Waals surface area contributed by atoms with Crippen molar-refractivity contribution in [3.63, 3.8) is 0 Å². The Labute approximate surface area is 166 Å². The van der Waals surface area contributed by atoms with Crippen molar-refractivity contribution < 1.29 is 9.59 Å². The van der Waals surface area contributed by atoms with E-state index in [1.54, 1.807) is 4.90 Å². The average molecular weight is 398 g/mol. The molecule has 1 aliphatic rings. The monoisotopic (exact) mass is 397 g/mol. The number of carbonyl (C=O) groups is 2. The smallest absolute Gasteiger partial charge is 0.260 e. The number of halogens is 1. The van der Waals surface area contributed by atoms with Gasteiger partial charge in [-0.1, -0.05) is 57.2 Å². The fourth-order valence-corrected chi connectivity index (χ4v) is 3.84. The van der Waals surface area contributed by atoms with Crippen LogP contribution in [-0.4, -0.2) is 47.3 Å². The van der Waals surface area contributed by atoms with Gasteiger partial charge in [0.25, 0.3) is 5.91 Å². The predicted octanol–water partition coefficient (Wildman–Crippen LogP) is 3.83. The molecule has 5 nitrogen and oxygen atoms in total. The average Bonchev–Trinajstić information content (AvgIpc) is 2.63. The summed E-state index contributed by atoms with van der Waals surface area (Å²) in [7, 11) is 0. The normalized spacial score (nSPS) is 17.3. The third kappa shape index (κ3) is 5.56. The lowest BCUT2D eigenvalue weighted by Gasteiger charge is -2.30. The van der Waals surface area contributed by atoms with E-state index in [4.69, 9.17) is 0 Å². The molecule has 0 saturated carbocycles. The third-order valence-corrected chi connectivity index (χ3v) is 5.26. The van der Waals surface area contributed by atoms with E-state index in [-0.39, 0.29) is 24.2 Å².